The van der Waals surface area contributed by atoms with E-state index in [0.29, 0.717) is 0 Å². The number of ether oxygens (including phenoxy) is 6. The molecule has 12 atom stereocenters. The van der Waals surface area contributed by atoms with Crippen LogP contribution in [0.1, 0.15) is 0 Å². The van der Waals surface area contributed by atoms with E-state index in [1.165, 1.54) is 0 Å². The topological polar surface area (TPSA) is 939 Å². The maximum atomic E-state index is 11.0. The Morgan fingerprint density at radius 2 is 0.394 bits per heavy atom. The number of aliphatic hydroxyl groups is 18. The zero-order chi connectivity index (χ0) is 75.0. The fourth-order valence-electron chi connectivity index (χ4n) is 6.09. The molecular weight excluding hydrogens is 1560 g/mol. The molecule has 0 aromatic heterocycles. The molecule has 0 saturated heterocycles. The van der Waals surface area contributed by atoms with Gasteiger partial charge in [0.2, 0.25) is 0 Å². The van der Waals surface area contributed by atoms with E-state index in [9.17, 15) is 116 Å². The quantitative estimate of drug-likeness (QED) is 0.0185. The minimum Gasteiger partial charge on any atom is -0.780 e. The standard InChI is InChI=1S/6C6H9O9P.3Mg/c6*7-1-2(8)4-3(9)5(6(10)14-4)15-16(11,12)13;;;/h6*2,4,7-9H,1H2,(H2,11,12,13);;;/q;;;;;;3*+2/p-6/t6*2-,4+;;;/m000000.../s1. The van der Waals surface area contributed by atoms with Gasteiger partial charge in [-0.25, -0.2) is 42.5 Å². The predicted octanol–water partition coefficient (Wildman–Crippen LogP) is -16.1. The molecule has 0 aliphatic carbocycles. The summed E-state index contributed by atoms with van der Waals surface area (Å²) in [7, 11) is -31.6. The summed E-state index contributed by atoms with van der Waals surface area (Å²) in [6.45, 7) is -4.98. The summed E-state index contributed by atoms with van der Waals surface area (Å²) < 4.78 is 110. The Bertz CT molecular complexity index is 2790. The summed E-state index contributed by atoms with van der Waals surface area (Å²) in [4.78, 5) is 178. The Labute approximate surface area is 593 Å². The fraction of sp³-hybridized carbons (Fsp3) is 0.500. The average molecular weight is 1600 g/mol. The normalized spacial score (nSPS) is 22.5. The van der Waals surface area contributed by atoms with E-state index in [4.69, 9.17) is 90.6 Å². The van der Waals surface area contributed by atoms with Crippen LogP contribution in [0.2, 0.25) is 0 Å². The number of carbonyl (C=O) groups is 6. The van der Waals surface area contributed by atoms with E-state index in [0.717, 1.165) is 0 Å². The van der Waals surface area contributed by atoms with Crippen LogP contribution in [0.4, 0.5) is 0 Å². The van der Waals surface area contributed by atoms with Crippen molar-refractivity contribution in [2.24, 2.45) is 0 Å². The van der Waals surface area contributed by atoms with E-state index in [1.54, 1.807) is 0 Å². The molecule has 0 aromatic carbocycles. The van der Waals surface area contributed by atoms with Gasteiger partial charge in [0.05, 0.1) is 39.6 Å². The van der Waals surface area contributed by atoms with Crippen LogP contribution in [-0.4, -0.2) is 339 Å². The Morgan fingerprint density at radius 1 is 0.283 bits per heavy atom. The summed E-state index contributed by atoms with van der Waals surface area (Å²) in [5, 5.41) is 161. The van der Waals surface area contributed by atoms with Crippen molar-refractivity contribution in [1.82, 2.24) is 0 Å². The molecule has 6 heterocycles. The Morgan fingerprint density at radius 3 is 0.485 bits per heavy atom. The summed E-state index contributed by atoms with van der Waals surface area (Å²) in [6, 6.07) is 0. The molecule has 24 N–H and O–H groups in total. The van der Waals surface area contributed by atoms with E-state index in [1.807, 2.05) is 0 Å². The Hall–Kier alpha value is -4.42. The van der Waals surface area contributed by atoms with Crippen molar-refractivity contribution in [3.63, 3.8) is 0 Å². The molecule has 0 bridgehead atoms. The van der Waals surface area contributed by atoms with Crippen LogP contribution in [0.25, 0.3) is 0 Å². The number of phosphoric acid groups is 6. The maximum absolute atomic E-state index is 11.0. The summed E-state index contributed by atoms with van der Waals surface area (Å²) in [5.41, 5.74) is 0. The molecule has 6 rings (SSSR count). The van der Waals surface area contributed by atoms with Crippen LogP contribution in [0, 0.1) is 0 Å². The van der Waals surface area contributed by atoms with Gasteiger partial charge in [-0.05, 0) is 0 Å². The van der Waals surface area contributed by atoms with E-state index >= 15 is 0 Å². The van der Waals surface area contributed by atoms with Crippen LogP contribution in [0.5, 0.6) is 0 Å². The molecule has 0 fully saturated rings. The van der Waals surface area contributed by atoms with Gasteiger partial charge < -0.3 is 191 Å². The van der Waals surface area contributed by atoms with Crippen molar-refractivity contribution < 1.29 is 262 Å². The zero-order valence-corrected chi connectivity index (χ0v) is 57.6. The van der Waals surface area contributed by atoms with Crippen LogP contribution in [-0.2, 0) is 112 Å². The van der Waals surface area contributed by atoms with Gasteiger partial charge in [0, 0.05) is 0 Å². The third-order valence-corrected chi connectivity index (χ3v) is 12.5. The van der Waals surface area contributed by atoms with Crippen molar-refractivity contribution in [2.45, 2.75) is 73.2 Å². The molecule has 54 nitrogen and oxygen atoms in total. The third-order valence-electron chi connectivity index (χ3n) is 9.99. The second kappa shape index (κ2) is 41.2. The van der Waals surface area contributed by atoms with E-state index in [2.05, 4.69) is 55.6 Å². The first kappa shape index (κ1) is 98.8. The summed E-state index contributed by atoms with van der Waals surface area (Å²) in [5.74, 6) is -21.2. The van der Waals surface area contributed by atoms with Crippen LogP contribution < -0.4 is 29.4 Å². The van der Waals surface area contributed by atoms with Crippen LogP contribution in [0.3, 0.4) is 0 Å². The largest absolute Gasteiger partial charge is 2.00 e. The zero-order valence-electron chi connectivity index (χ0n) is 48.0. The minimum absolute atomic E-state index is 0. The number of esters is 6. The van der Waals surface area contributed by atoms with E-state index < -0.39 is 265 Å². The molecule has 0 amide bonds. The number of rotatable bonds is 24. The minimum atomic E-state index is -5.52. The van der Waals surface area contributed by atoms with Gasteiger partial charge in [-0.2, -0.15) is 0 Å². The predicted molar refractivity (Wildman–Crippen MR) is 278 cm³/mol. The van der Waals surface area contributed by atoms with E-state index in [-0.39, 0.29) is 69.2 Å². The molecule has 0 radical (unpaired) electrons. The molecule has 63 heteroatoms. The first-order chi connectivity index (χ1) is 43.6. The van der Waals surface area contributed by atoms with Crippen molar-refractivity contribution in [2.75, 3.05) is 39.6 Å². The molecule has 0 aromatic rings. The first-order valence-corrected chi connectivity index (χ1v) is 32.5. The molecule has 0 spiro atoms. The summed E-state index contributed by atoms with van der Waals surface area (Å²) in [6.07, 6.45) is -19.5. The Kier molecular flexibility index (Phi) is 41.1. The Balaban J connectivity index is -0.00000111. The second-order valence-corrected chi connectivity index (χ2v) is 23.8. The van der Waals surface area contributed by atoms with Crippen LogP contribution >= 0.6 is 46.9 Å². The first-order valence-electron chi connectivity index (χ1n) is 23.5. The van der Waals surface area contributed by atoms with Gasteiger partial charge >= 0.3 is 128 Å². The molecule has 0 unspecified atom stereocenters. The number of hydrogen-bond donors (Lipinski definition) is 24. The van der Waals surface area contributed by atoms with Gasteiger partial charge in [-0.3, -0.25) is 29.4 Å². The summed E-state index contributed by atoms with van der Waals surface area (Å²) >= 11 is 0. The second-order valence-electron chi connectivity index (χ2n) is 17.1. The van der Waals surface area contributed by atoms with Crippen molar-refractivity contribution >= 4 is 152 Å². The fourth-order valence-corrected chi connectivity index (χ4v) is 8.48. The molecule has 0 saturated carbocycles. The van der Waals surface area contributed by atoms with Crippen molar-refractivity contribution in [3.05, 3.63) is 69.1 Å². The third kappa shape index (κ3) is 31.6. The maximum Gasteiger partial charge on any atom is 2.00 e. The number of cyclic esters (lactones) is 6. The molecular formula is C36H48Mg3O54P6. The number of carbonyl (C=O) groups excluding carboxylic acids is 6. The van der Waals surface area contributed by atoms with Gasteiger partial charge in [0.1, 0.15) is 60.1 Å². The molecule has 552 valence electrons. The van der Waals surface area contributed by atoms with Gasteiger partial charge in [-0.15, -0.1) is 0 Å². The number of hydrogen-bond acceptors (Lipinski definition) is 48. The average Bonchev–Trinajstić information content (AvgIpc) is 1.73. The number of aliphatic hydroxyl groups excluding tert-OH is 18. The molecule has 6 aliphatic rings. The van der Waals surface area contributed by atoms with Gasteiger partial charge in [0.15, 0.2) is 71.2 Å². The van der Waals surface area contributed by atoms with Crippen molar-refractivity contribution in [3.8, 4) is 0 Å². The molecule has 99 heavy (non-hydrogen) atoms. The van der Waals surface area contributed by atoms with Crippen LogP contribution in [0.15, 0.2) is 69.1 Å². The smallest absolute Gasteiger partial charge is 0.780 e. The van der Waals surface area contributed by atoms with Gasteiger partial charge in [0.25, 0.3) is 34.6 Å². The van der Waals surface area contributed by atoms with Gasteiger partial charge in [-0.1, -0.05) is 0 Å². The van der Waals surface area contributed by atoms with Crippen molar-refractivity contribution in [1.29, 1.82) is 0 Å². The number of phosphoric ester groups is 6. The SMILES string of the molecule is O=C1O[C@H]([C@@H](O)CO)C(O)=C1OP(=O)(O)O.O=C1O[C@H]([C@@H](O)CO)C(O)=C1OP(=O)(O)O.O=C1O[C@H]([C@@H](O)CO)C(O)=C1OP(=O)(O)O.O=C1O[C@H]([C@@H](O)CO)C(O)=C1OP(=O)([O-])[O-].O=C1O[C@H]([C@@H](O)CO)C(O)=C1OP(=O)([O-])[O-].O=C1O[C@H]([C@@H](O)CO)C(O)=C1OP(=O)([O-])[O-].[Mg+2].[Mg+2].[Mg+2]. The monoisotopic (exact) mass is 1600 g/mol. The molecule has 6 aliphatic heterocycles.